The van der Waals surface area contributed by atoms with Gasteiger partial charge in [0.2, 0.25) is 0 Å². The molecule has 0 aromatic carbocycles. The molecule has 0 rings (SSSR count). The molecule has 0 saturated carbocycles. The summed E-state index contributed by atoms with van der Waals surface area (Å²) in [5.74, 6) is 0. The average Bonchev–Trinajstić information content (AvgIpc) is 2.24. The van der Waals surface area contributed by atoms with Gasteiger partial charge in [0, 0.05) is 13.0 Å². The molecule has 0 aliphatic heterocycles. The molecule has 17 heavy (non-hydrogen) atoms. The number of nitriles is 1. The molecular formula is C11H19F3N2O. The summed E-state index contributed by atoms with van der Waals surface area (Å²) < 4.78 is 40.6. The third kappa shape index (κ3) is 8.95. The third-order valence-electron chi connectivity index (χ3n) is 2.15. The lowest BCUT2D eigenvalue weighted by atomic mass is 10.1. The molecule has 0 aromatic heterocycles. The van der Waals surface area contributed by atoms with E-state index in [1.54, 1.807) is 6.92 Å². The molecule has 3 nitrogen and oxygen atoms in total. The summed E-state index contributed by atoms with van der Waals surface area (Å²) in [5, 5.41) is 11.9. The van der Waals surface area contributed by atoms with E-state index in [0.717, 1.165) is 6.42 Å². The predicted octanol–water partition coefficient (Wildman–Crippen LogP) is 2.63. The molecule has 0 aromatic rings. The van der Waals surface area contributed by atoms with Gasteiger partial charge in [0.1, 0.15) is 5.54 Å². The summed E-state index contributed by atoms with van der Waals surface area (Å²) in [4.78, 5) is 0. The van der Waals surface area contributed by atoms with Crippen molar-refractivity contribution >= 4 is 0 Å². The molecule has 1 atom stereocenters. The van der Waals surface area contributed by atoms with Crippen LogP contribution in [-0.2, 0) is 4.74 Å². The van der Waals surface area contributed by atoms with Gasteiger partial charge in [-0.1, -0.05) is 6.92 Å². The number of ether oxygens (including phenoxy) is 1. The standard InChI is InChI=1S/C11H19F3N2O/c1-3-6-16-10(2,8-15)9-17-7-4-5-11(12,13)14/h16H,3-7,9H2,1-2H3. The first-order valence-corrected chi connectivity index (χ1v) is 5.64. The summed E-state index contributed by atoms with van der Waals surface area (Å²) in [7, 11) is 0. The molecule has 0 heterocycles. The second kappa shape index (κ2) is 7.51. The molecule has 0 spiro atoms. The third-order valence-corrected chi connectivity index (χ3v) is 2.15. The Morgan fingerprint density at radius 2 is 2.00 bits per heavy atom. The maximum absolute atomic E-state index is 11.8. The van der Waals surface area contributed by atoms with Gasteiger partial charge < -0.3 is 4.74 Å². The SMILES string of the molecule is CCCNC(C)(C#N)COCCCC(F)(F)F. The molecule has 1 N–H and O–H groups in total. The predicted molar refractivity (Wildman–Crippen MR) is 58.4 cm³/mol. The van der Waals surface area contributed by atoms with Crippen LogP contribution in [0.15, 0.2) is 0 Å². The Balaban J connectivity index is 3.74. The van der Waals surface area contributed by atoms with Crippen molar-refractivity contribution in [2.45, 2.75) is 44.8 Å². The van der Waals surface area contributed by atoms with Gasteiger partial charge in [-0.15, -0.1) is 0 Å². The number of hydrogen-bond donors (Lipinski definition) is 1. The maximum atomic E-state index is 11.8. The van der Waals surface area contributed by atoms with Gasteiger partial charge in [-0.2, -0.15) is 18.4 Å². The zero-order valence-electron chi connectivity index (χ0n) is 10.2. The number of alkyl halides is 3. The van der Waals surface area contributed by atoms with Gasteiger partial charge >= 0.3 is 6.18 Å². The molecular weight excluding hydrogens is 233 g/mol. The van der Waals surface area contributed by atoms with Gasteiger partial charge in [0.05, 0.1) is 12.7 Å². The lowest BCUT2D eigenvalue weighted by Crippen LogP contribution is -2.45. The summed E-state index contributed by atoms with van der Waals surface area (Å²) in [6.45, 7) is 4.43. The van der Waals surface area contributed by atoms with E-state index in [9.17, 15) is 13.2 Å². The first-order valence-electron chi connectivity index (χ1n) is 5.64. The molecule has 0 amide bonds. The zero-order valence-corrected chi connectivity index (χ0v) is 10.2. The number of nitrogens with one attached hydrogen (secondary N) is 1. The Hall–Kier alpha value is -0.800. The van der Waals surface area contributed by atoms with Crippen molar-refractivity contribution in [2.75, 3.05) is 19.8 Å². The molecule has 1 unspecified atom stereocenters. The molecule has 0 saturated heterocycles. The Labute approximate surface area is 99.9 Å². The van der Waals surface area contributed by atoms with Crippen LogP contribution in [0.4, 0.5) is 13.2 Å². The second-order valence-corrected chi connectivity index (χ2v) is 4.14. The van der Waals surface area contributed by atoms with Gasteiger partial charge in [-0.3, -0.25) is 5.32 Å². The van der Waals surface area contributed by atoms with Crippen molar-refractivity contribution in [1.82, 2.24) is 5.32 Å². The van der Waals surface area contributed by atoms with E-state index in [1.165, 1.54) is 0 Å². The van der Waals surface area contributed by atoms with Gasteiger partial charge in [-0.25, -0.2) is 0 Å². The first-order chi connectivity index (χ1) is 7.83. The molecule has 0 aliphatic rings. The van der Waals surface area contributed by atoms with E-state index in [0.29, 0.717) is 6.54 Å². The van der Waals surface area contributed by atoms with Crippen LogP contribution < -0.4 is 5.32 Å². The Morgan fingerprint density at radius 1 is 1.35 bits per heavy atom. The number of hydrogen-bond acceptors (Lipinski definition) is 3. The minimum absolute atomic E-state index is 0.0184. The maximum Gasteiger partial charge on any atom is 0.389 e. The zero-order chi connectivity index (χ0) is 13.4. The van der Waals surface area contributed by atoms with Crippen LogP contribution in [-0.4, -0.2) is 31.5 Å². The normalized spacial score (nSPS) is 15.3. The van der Waals surface area contributed by atoms with Crippen LogP contribution in [0.2, 0.25) is 0 Å². The Bertz CT molecular complexity index is 250. The summed E-state index contributed by atoms with van der Waals surface area (Å²) in [6.07, 6.45) is -4.18. The van der Waals surface area contributed by atoms with E-state index in [2.05, 4.69) is 11.4 Å². The highest BCUT2D eigenvalue weighted by atomic mass is 19.4. The van der Waals surface area contributed by atoms with Crippen molar-refractivity contribution < 1.29 is 17.9 Å². The molecule has 0 fully saturated rings. The highest BCUT2D eigenvalue weighted by Gasteiger charge is 2.27. The minimum atomic E-state index is -4.14. The summed E-state index contributed by atoms with van der Waals surface area (Å²) in [5.41, 5.74) is -0.825. The van der Waals surface area contributed by atoms with E-state index >= 15 is 0 Å². The van der Waals surface area contributed by atoms with Gasteiger partial charge in [-0.05, 0) is 26.3 Å². The van der Waals surface area contributed by atoms with Gasteiger partial charge in [0.25, 0.3) is 0 Å². The van der Waals surface area contributed by atoms with Crippen LogP contribution in [0.1, 0.15) is 33.1 Å². The second-order valence-electron chi connectivity index (χ2n) is 4.14. The van der Waals surface area contributed by atoms with Gasteiger partial charge in [0.15, 0.2) is 0 Å². The summed E-state index contributed by atoms with van der Waals surface area (Å²) in [6, 6.07) is 2.06. The Morgan fingerprint density at radius 3 is 2.47 bits per heavy atom. The summed E-state index contributed by atoms with van der Waals surface area (Å²) >= 11 is 0. The van der Waals surface area contributed by atoms with E-state index in [1.807, 2.05) is 6.92 Å². The van der Waals surface area contributed by atoms with Crippen LogP contribution in [0.3, 0.4) is 0 Å². The fraction of sp³-hybridized carbons (Fsp3) is 0.909. The van der Waals surface area contributed by atoms with Crippen molar-refractivity contribution in [3.8, 4) is 6.07 Å². The van der Waals surface area contributed by atoms with Crippen molar-refractivity contribution in [1.29, 1.82) is 5.26 Å². The lowest BCUT2D eigenvalue weighted by Gasteiger charge is -2.22. The first kappa shape index (κ1) is 16.2. The average molecular weight is 252 g/mol. The molecule has 0 radical (unpaired) electrons. The van der Waals surface area contributed by atoms with E-state index < -0.39 is 18.1 Å². The fourth-order valence-corrected chi connectivity index (χ4v) is 1.17. The van der Waals surface area contributed by atoms with Crippen molar-refractivity contribution in [3.63, 3.8) is 0 Å². The quantitative estimate of drug-likeness (QED) is 0.675. The van der Waals surface area contributed by atoms with Crippen LogP contribution in [0.25, 0.3) is 0 Å². The fourth-order valence-electron chi connectivity index (χ4n) is 1.17. The van der Waals surface area contributed by atoms with Crippen molar-refractivity contribution in [3.05, 3.63) is 0 Å². The topological polar surface area (TPSA) is 45.0 Å². The highest BCUT2D eigenvalue weighted by molar-refractivity contribution is 5.03. The molecule has 6 heteroatoms. The van der Waals surface area contributed by atoms with E-state index in [4.69, 9.17) is 10.00 Å². The van der Waals surface area contributed by atoms with Crippen molar-refractivity contribution in [2.24, 2.45) is 0 Å². The minimum Gasteiger partial charge on any atom is -0.378 e. The number of halogens is 3. The van der Waals surface area contributed by atoms with Crippen LogP contribution in [0.5, 0.6) is 0 Å². The highest BCUT2D eigenvalue weighted by Crippen LogP contribution is 2.21. The smallest absolute Gasteiger partial charge is 0.378 e. The lowest BCUT2D eigenvalue weighted by molar-refractivity contribution is -0.138. The molecule has 0 bridgehead atoms. The Kier molecular flexibility index (Phi) is 7.16. The van der Waals surface area contributed by atoms with Crippen LogP contribution >= 0.6 is 0 Å². The van der Waals surface area contributed by atoms with Crippen LogP contribution in [0, 0.1) is 11.3 Å². The largest absolute Gasteiger partial charge is 0.389 e. The molecule has 0 aliphatic carbocycles. The monoisotopic (exact) mass is 252 g/mol. The number of rotatable bonds is 8. The molecule has 100 valence electrons. The number of nitrogens with zero attached hydrogens (tertiary/aromatic N) is 1. The van der Waals surface area contributed by atoms with E-state index in [-0.39, 0.29) is 19.6 Å².